The Kier molecular flexibility index (Phi) is 3.38. The lowest BCUT2D eigenvalue weighted by Crippen LogP contribution is -2.44. The van der Waals surface area contributed by atoms with E-state index in [0.717, 1.165) is 5.57 Å². The molecule has 6 heteroatoms. The summed E-state index contributed by atoms with van der Waals surface area (Å²) in [5.74, 6) is -0.438. The van der Waals surface area contributed by atoms with Crippen LogP contribution >= 0.6 is 0 Å². The van der Waals surface area contributed by atoms with Crippen molar-refractivity contribution in [3.8, 4) is 0 Å². The molecular weight excluding hydrogens is 236 g/mol. The summed E-state index contributed by atoms with van der Waals surface area (Å²) in [7, 11) is 1.31. The third kappa shape index (κ3) is 1.88. The summed E-state index contributed by atoms with van der Waals surface area (Å²) < 4.78 is 4.70. The molecule has 2 heterocycles. The molecule has 1 fully saturated rings. The molecule has 98 valence electrons. The number of ether oxygens (including phenoxy) is 1. The predicted molar refractivity (Wildman–Crippen MR) is 63.4 cm³/mol. The van der Waals surface area contributed by atoms with E-state index in [2.05, 4.69) is 6.58 Å². The van der Waals surface area contributed by atoms with E-state index in [9.17, 15) is 9.59 Å². The molecule has 2 atom stereocenters. The molecule has 18 heavy (non-hydrogen) atoms. The number of urea groups is 1. The summed E-state index contributed by atoms with van der Waals surface area (Å²) in [6.07, 6.45) is 3.32. The number of nitrogens with zero attached hydrogens (tertiary/aromatic N) is 2. The molecule has 2 aliphatic rings. The molecule has 0 radical (unpaired) electrons. The van der Waals surface area contributed by atoms with Crippen LogP contribution in [0.1, 0.15) is 6.92 Å². The van der Waals surface area contributed by atoms with Crippen LogP contribution in [0.25, 0.3) is 0 Å². The first-order chi connectivity index (χ1) is 8.60. The van der Waals surface area contributed by atoms with Crippen LogP contribution in [0.4, 0.5) is 4.79 Å². The fourth-order valence-electron chi connectivity index (χ4n) is 2.20. The summed E-state index contributed by atoms with van der Waals surface area (Å²) in [5.41, 5.74) is 0.927. The van der Waals surface area contributed by atoms with Gasteiger partial charge in [-0.15, -0.1) is 6.58 Å². The monoisotopic (exact) mass is 252 g/mol. The number of hydroxylamine groups is 2. The smallest absolute Gasteiger partial charge is 0.345 e. The second kappa shape index (κ2) is 4.81. The van der Waals surface area contributed by atoms with Crippen molar-refractivity contribution in [3.63, 3.8) is 0 Å². The van der Waals surface area contributed by atoms with Gasteiger partial charge >= 0.3 is 12.0 Å². The number of methoxy groups -OCH3 is 1. The van der Waals surface area contributed by atoms with Gasteiger partial charge in [0.05, 0.1) is 26.3 Å². The Labute approximate surface area is 105 Å². The van der Waals surface area contributed by atoms with Crippen LogP contribution in [-0.4, -0.2) is 54.3 Å². The first-order valence-corrected chi connectivity index (χ1v) is 5.70. The van der Waals surface area contributed by atoms with Crippen LogP contribution < -0.4 is 0 Å². The zero-order chi connectivity index (χ0) is 13.3. The number of rotatable bonds is 4. The van der Waals surface area contributed by atoms with Crippen LogP contribution in [0.3, 0.4) is 0 Å². The first-order valence-electron chi connectivity index (χ1n) is 5.70. The number of fused-ring (bicyclic) bond motifs is 2. The molecule has 0 spiro atoms. The van der Waals surface area contributed by atoms with Gasteiger partial charge in [0.15, 0.2) is 0 Å². The Morgan fingerprint density at radius 1 is 1.67 bits per heavy atom. The van der Waals surface area contributed by atoms with E-state index in [1.807, 2.05) is 6.92 Å². The minimum Gasteiger partial charge on any atom is -0.467 e. The maximum absolute atomic E-state index is 12.1. The standard InChI is InChI=1S/C12H16N2O4/c1-4-5-18-14-10-7-13(12(14)16)9(6-8(10)2)11(15)17-3/h4,6,9-10H,1,5,7H2,2-3H3/t9-,10+/m1/s1. The number of carbonyl (C=O) groups excluding carboxylic acids is 2. The number of hydrogen-bond acceptors (Lipinski definition) is 4. The fraction of sp³-hybridized carbons (Fsp3) is 0.500. The van der Waals surface area contributed by atoms with Crippen molar-refractivity contribution in [2.75, 3.05) is 20.3 Å². The van der Waals surface area contributed by atoms with E-state index in [4.69, 9.17) is 9.57 Å². The molecule has 2 amide bonds. The van der Waals surface area contributed by atoms with Crippen molar-refractivity contribution >= 4 is 12.0 Å². The van der Waals surface area contributed by atoms with E-state index in [1.54, 1.807) is 12.2 Å². The van der Waals surface area contributed by atoms with Crippen molar-refractivity contribution in [2.24, 2.45) is 0 Å². The summed E-state index contributed by atoms with van der Waals surface area (Å²) in [5, 5.41) is 1.30. The van der Waals surface area contributed by atoms with Gasteiger partial charge in [-0.1, -0.05) is 6.08 Å². The maximum atomic E-state index is 12.1. The highest BCUT2D eigenvalue weighted by molar-refractivity contribution is 5.88. The zero-order valence-electron chi connectivity index (χ0n) is 10.5. The van der Waals surface area contributed by atoms with E-state index < -0.39 is 12.0 Å². The maximum Gasteiger partial charge on any atom is 0.345 e. The topological polar surface area (TPSA) is 59.1 Å². The van der Waals surface area contributed by atoms with E-state index in [-0.39, 0.29) is 18.7 Å². The van der Waals surface area contributed by atoms with E-state index >= 15 is 0 Å². The van der Waals surface area contributed by atoms with Crippen LogP contribution in [0, 0.1) is 0 Å². The Hall–Kier alpha value is -1.82. The van der Waals surface area contributed by atoms with Crippen molar-refractivity contribution in [3.05, 3.63) is 24.3 Å². The second-order valence-electron chi connectivity index (χ2n) is 4.24. The van der Waals surface area contributed by atoms with Gasteiger partial charge in [-0.2, -0.15) is 5.06 Å². The fourth-order valence-corrected chi connectivity index (χ4v) is 2.20. The Morgan fingerprint density at radius 2 is 2.39 bits per heavy atom. The minimum absolute atomic E-state index is 0.140. The minimum atomic E-state index is -0.656. The zero-order valence-corrected chi connectivity index (χ0v) is 10.5. The van der Waals surface area contributed by atoms with Crippen molar-refractivity contribution in [2.45, 2.75) is 19.0 Å². The van der Waals surface area contributed by atoms with Gasteiger partial charge in [-0.3, -0.25) is 4.84 Å². The molecule has 0 aliphatic carbocycles. The normalized spacial score (nSPS) is 26.1. The van der Waals surface area contributed by atoms with Crippen molar-refractivity contribution in [1.82, 2.24) is 9.96 Å². The highest BCUT2D eigenvalue weighted by atomic mass is 16.7. The Morgan fingerprint density at radius 3 is 3.00 bits per heavy atom. The summed E-state index contributed by atoms with van der Waals surface area (Å²) in [6.45, 7) is 6.12. The highest BCUT2D eigenvalue weighted by Gasteiger charge is 2.47. The molecule has 0 aromatic carbocycles. The number of amides is 2. The molecular formula is C12H16N2O4. The Balaban J connectivity index is 2.22. The van der Waals surface area contributed by atoms with Gasteiger partial charge in [0.25, 0.3) is 0 Å². The molecule has 1 saturated heterocycles. The lowest BCUT2D eigenvalue weighted by Gasteiger charge is -2.26. The van der Waals surface area contributed by atoms with Gasteiger partial charge in [0.2, 0.25) is 0 Å². The predicted octanol–water partition coefficient (Wildman–Crippen LogP) is 0.712. The molecule has 0 aromatic heterocycles. The largest absolute Gasteiger partial charge is 0.467 e. The lowest BCUT2D eigenvalue weighted by atomic mass is 10.0. The van der Waals surface area contributed by atoms with Gasteiger partial charge < -0.3 is 9.64 Å². The number of carbonyl (C=O) groups is 2. The van der Waals surface area contributed by atoms with Gasteiger partial charge in [-0.25, -0.2) is 9.59 Å². The molecule has 0 saturated carbocycles. The quantitative estimate of drug-likeness (QED) is 0.546. The average Bonchev–Trinajstić information content (AvgIpc) is 2.65. The SMILES string of the molecule is C=CCON1C(=O)N2C[C@H]1C(C)=C[C@@H]2C(=O)OC. The molecule has 0 N–H and O–H groups in total. The number of hydrogen-bond donors (Lipinski definition) is 0. The molecule has 2 aliphatic heterocycles. The van der Waals surface area contributed by atoms with Gasteiger partial charge in [-0.05, 0) is 18.6 Å². The third-order valence-electron chi connectivity index (χ3n) is 3.14. The summed E-state index contributed by atoms with van der Waals surface area (Å²) >= 11 is 0. The average molecular weight is 252 g/mol. The van der Waals surface area contributed by atoms with Crippen molar-refractivity contribution in [1.29, 1.82) is 0 Å². The van der Waals surface area contributed by atoms with Gasteiger partial charge in [0, 0.05) is 0 Å². The third-order valence-corrected chi connectivity index (χ3v) is 3.14. The molecule has 2 bridgehead atoms. The van der Waals surface area contributed by atoms with Crippen LogP contribution in [-0.2, 0) is 14.4 Å². The van der Waals surface area contributed by atoms with E-state index in [1.165, 1.54) is 17.1 Å². The molecule has 0 aromatic rings. The summed E-state index contributed by atoms with van der Waals surface area (Å²) in [6, 6.07) is -1.11. The van der Waals surface area contributed by atoms with E-state index in [0.29, 0.717) is 6.54 Å². The summed E-state index contributed by atoms with van der Waals surface area (Å²) in [4.78, 5) is 30.5. The van der Waals surface area contributed by atoms with Crippen LogP contribution in [0.15, 0.2) is 24.3 Å². The second-order valence-corrected chi connectivity index (χ2v) is 4.24. The molecule has 2 rings (SSSR count). The van der Waals surface area contributed by atoms with Crippen LogP contribution in [0.2, 0.25) is 0 Å². The molecule has 0 unspecified atom stereocenters. The molecule has 6 nitrogen and oxygen atoms in total. The number of esters is 1. The lowest BCUT2D eigenvalue weighted by molar-refractivity contribution is -0.144. The van der Waals surface area contributed by atoms with Crippen LogP contribution in [0.5, 0.6) is 0 Å². The Bertz CT molecular complexity index is 418. The first kappa shape index (κ1) is 12.6. The highest BCUT2D eigenvalue weighted by Crippen LogP contribution is 2.30. The van der Waals surface area contributed by atoms with Crippen molar-refractivity contribution < 1.29 is 19.2 Å². The van der Waals surface area contributed by atoms with Gasteiger partial charge in [0.1, 0.15) is 6.04 Å².